The second-order valence-electron chi connectivity index (χ2n) is 6.70. The van der Waals surface area contributed by atoms with E-state index < -0.39 is 17.4 Å². The van der Waals surface area contributed by atoms with Crippen molar-refractivity contribution in [2.75, 3.05) is 13.7 Å². The summed E-state index contributed by atoms with van der Waals surface area (Å²) < 4.78 is 0. The summed E-state index contributed by atoms with van der Waals surface area (Å²) in [5, 5.41) is 21.5. The van der Waals surface area contributed by atoms with E-state index in [4.69, 9.17) is 0 Å². The zero-order valence-electron chi connectivity index (χ0n) is 12.3. The van der Waals surface area contributed by atoms with Gasteiger partial charge in [0.1, 0.15) is 0 Å². The summed E-state index contributed by atoms with van der Waals surface area (Å²) in [5.41, 5.74) is -0.666. The van der Waals surface area contributed by atoms with Gasteiger partial charge in [-0.2, -0.15) is 0 Å². The molecule has 2 aliphatic rings. The third kappa shape index (κ3) is 2.49. The van der Waals surface area contributed by atoms with Gasteiger partial charge >= 0.3 is 12.0 Å². The van der Waals surface area contributed by atoms with Crippen molar-refractivity contribution in [3.8, 4) is 0 Å². The van der Waals surface area contributed by atoms with E-state index in [2.05, 4.69) is 5.32 Å². The first-order chi connectivity index (χ1) is 9.27. The van der Waals surface area contributed by atoms with E-state index >= 15 is 0 Å². The van der Waals surface area contributed by atoms with Crippen LogP contribution in [0.5, 0.6) is 0 Å². The Bertz CT molecular complexity index is 410. The number of amides is 2. The molecule has 6 heteroatoms. The second kappa shape index (κ2) is 5.24. The summed E-state index contributed by atoms with van der Waals surface area (Å²) in [6, 6.07) is -0.594. The molecule has 2 amide bonds. The number of likely N-dealkylation sites (N-methyl/N-ethyl adjacent to an activating group) is 1. The average Bonchev–Trinajstić information content (AvgIpc) is 2.98. The molecule has 2 bridgehead atoms. The highest BCUT2D eigenvalue weighted by Crippen LogP contribution is 2.48. The molecule has 4 atom stereocenters. The van der Waals surface area contributed by atoms with Crippen LogP contribution in [0.15, 0.2) is 0 Å². The molecule has 2 aliphatic carbocycles. The van der Waals surface area contributed by atoms with Crippen LogP contribution in [0.25, 0.3) is 0 Å². The number of carboxylic acid groups (broad SMARTS) is 1. The fraction of sp³-hybridized carbons (Fsp3) is 0.857. The number of aliphatic hydroxyl groups is 1. The number of aliphatic hydroxyl groups excluding tert-OH is 1. The first kappa shape index (κ1) is 15.1. The molecule has 0 radical (unpaired) electrons. The Labute approximate surface area is 119 Å². The lowest BCUT2D eigenvalue weighted by Gasteiger charge is -2.37. The molecule has 6 nitrogen and oxygen atoms in total. The van der Waals surface area contributed by atoms with Crippen LogP contribution in [-0.2, 0) is 4.79 Å². The van der Waals surface area contributed by atoms with Gasteiger partial charge in [-0.25, -0.2) is 4.79 Å². The van der Waals surface area contributed by atoms with Crippen molar-refractivity contribution in [1.82, 2.24) is 10.2 Å². The van der Waals surface area contributed by atoms with Gasteiger partial charge in [-0.3, -0.25) is 4.79 Å². The molecule has 0 saturated heterocycles. The summed E-state index contributed by atoms with van der Waals surface area (Å²) in [5.74, 6) is -0.815. The number of fused-ring (bicyclic) bond motifs is 2. The van der Waals surface area contributed by atoms with Crippen molar-refractivity contribution < 1.29 is 19.8 Å². The van der Waals surface area contributed by atoms with E-state index in [0.29, 0.717) is 0 Å². The SMILES string of the molecule is CN(C(=O)NC1C2CCC(C2)C1C(=O)O)C(C)(C)CO. The van der Waals surface area contributed by atoms with E-state index in [0.717, 1.165) is 19.3 Å². The molecule has 0 heterocycles. The Hall–Kier alpha value is -1.30. The average molecular weight is 284 g/mol. The van der Waals surface area contributed by atoms with E-state index in [-0.39, 0.29) is 30.5 Å². The van der Waals surface area contributed by atoms with E-state index in [1.165, 1.54) is 4.90 Å². The first-order valence-corrected chi connectivity index (χ1v) is 7.16. The minimum atomic E-state index is -0.813. The zero-order chi connectivity index (χ0) is 15.1. The number of aliphatic carboxylic acids is 1. The van der Waals surface area contributed by atoms with Crippen LogP contribution < -0.4 is 5.32 Å². The van der Waals surface area contributed by atoms with Crippen LogP contribution in [0, 0.1) is 17.8 Å². The normalized spacial score (nSPS) is 32.2. The van der Waals surface area contributed by atoms with E-state index in [9.17, 15) is 19.8 Å². The molecular weight excluding hydrogens is 260 g/mol. The third-order valence-electron chi connectivity index (χ3n) is 5.09. The molecule has 4 unspecified atom stereocenters. The van der Waals surface area contributed by atoms with Gasteiger partial charge in [-0.15, -0.1) is 0 Å². The minimum Gasteiger partial charge on any atom is -0.481 e. The highest BCUT2D eigenvalue weighted by atomic mass is 16.4. The van der Waals surface area contributed by atoms with Crippen LogP contribution in [0.3, 0.4) is 0 Å². The number of carbonyl (C=O) groups is 2. The predicted molar refractivity (Wildman–Crippen MR) is 73.2 cm³/mol. The molecular formula is C14H24N2O4. The number of hydrogen-bond acceptors (Lipinski definition) is 3. The molecule has 2 saturated carbocycles. The molecule has 0 aromatic heterocycles. The number of carboxylic acids is 1. The highest BCUT2D eigenvalue weighted by molar-refractivity contribution is 5.78. The van der Waals surface area contributed by atoms with Crippen LogP contribution in [-0.4, -0.2) is 52.3 Å². The van der Waals surface area contributed by atoms with E-state index in [1.807, 2.05) is 0 Å². The van der Waals surface area contributed by atoms with Crippen molar-refractivity contribution in [2.45, 2.75) is 44.7 Å². The van der Waals surface area contributed by atoms with Gasteiger partial charge < -0.3 is 20.4 Å². The van der Waals surface area contributed by atoms with Crippen molar-refractivity contribution in [1.29, 1.82) is 0 Å². The van der Waals surface area contributed by atoms with Gasteiger partial charge in [-0.1, -0.05) is 0 Å². The standard InChI is InChI=1S/C14H24N2O4/c1-14(2,7-17)16(3)13(20)15-11-9-5-4-8(6-9)10(11)12(18)19/h8-11,17H,4-7H2,1-3H3,(H,15,20)(H,18,19). The monoisotopic (exact) mass is 284 g/mol. The fourth-order valence-corrected chi connectivity index (χ4v) is 3.47. The maximum atomic E-state index is 12.3. The molecule has 2 fully saturated rings. The Kier molecular flexibility index (Phi) is 3.95. The zero-order valence-corrected chi connectivity index (χ0v) is 12.3. The maximum absolute atomic E-state index is 12.3. The fourth-order valence-electron chi connectivity index (χ4n) is 3.47. The molecule has 3 N–H and O–H groups in total. The molecule has 2 rings (SSSR count). The van der Waals surface area contributed by atoms with Gasteiger partial charge in [-0.05, 0) is 44.9 Å². The molecule has 0 aliphatic heterocycles. The summed E-state index contributed by atoms with van der Waals surface area (Å²) in [7, 11) is 1.62. The largest absolute Gasteiger partial charge is 0.481 e. The number of nitrogens with zero attached hydrogens (tertiary/aromatic N) is 1. The first-order valence-electron chi connectivity index (χ1n) is 7.16. The Morgan fingerprint density at radius 1 is 1.30 bits per heavy atom. The van der Waals surface area contributed by atoms with E-state index in [1.54, 1.807) is 20.9 Å². The quantitative estimate of drug-likeness (QED) is 0.715. The minimum absolute atomic E-state index is 0.143. The number of carbonyl (C=O) groups excluding carboxylic acids is 1. The third-order valence-corrected chi connectivity index (χ3v) is 5.09. The van der Waals surface area contributed by atoms with Crippen molar-refractivity contribution in [3.63, 3.8) is 0 Å². The summed E-state index contributed by atoms with van der Waals surface area (Å²) >= 11 is 0. The number of rotatable bonds is 4. The van der Waals surface area contributed by atoms with Crippen molar-refractivity contribution >= 4 is 12.0 Å². The lowest BCUT2D eigenvalue weighted by atomic mass is 9.84. The lowest BCUT2D eigenvalue weighted by Crippen LogP contribution is -2.56. The van der Waals surface area contributed by atoms with Crippen LogP contribution in [0.4, 0.5) is 4.79 Å². The Morgan fingerprint density at radius 2 is 1.90 bits per heavy atom. The molecule has 114 valence electrons. The van der Waals surface area contributed by atoms with Crippen molar-refractivity contribution in [3.05, 3.63) is 0 Å². The van der Waals surface area contributed by atoms with Gasteiger partial charge in [0, 0.05) is 13.1 Å². The highest BCUT2D eigenvalue weighted by Gasteiger charge is 2.52. The second-order valence-corrected chi connectivity index (χ2v) is 6.70. The Balaban J connectivity index is 2.05. The Morgan fingerprint density at radius 3 is 2.45 bits per heavy atom. The summed E-state index contributed by atoms with van der Waals surface area (Å²) in [6.07, 6.45) is 2.84. The lowest BCUT2D eigenvalue weighted by molar-refractivity contribution is -0.144. The number of urea groups is 1. The predicted octanol–water partition coefficient (Wildman–Crippen LogP) is 0.898. The van der Waals surface area contributed by atoms with Gasteiger partial charge in [0.2, 0.25) is 0 Å². The number of hydrogen-bond donors (Lipinski definition) is 3. The summed E-state index contributed by atoms with van der Waals surface area (Å²) in [6.45, 7) is 3.39. The number of nitrogens with one attached hydrogen (secondary N) is 1. The smallest absolute Gasteiger partial charge is 0.317 e. The maximum Gasteiger partial charge on any atom is 0.317 e. The van der Waals surface area contributed by atoms with Gasteiger partial charge in [0.05, 0.1) is 18.1 Å². The van der Waals surface area contributed by atoms with Crippen LogP contribution in [0.2, 0.25) is 0 Å². The molecule has 0 aromatic rings. The van der Waals surface area contributed by atoms with Crippen LogP contribution in [0.1, 0.15) is 33.1 Å². The van der Waals surface area contributed by atoms with Crippen LogP contribution >= 0.6 is 0 Å². The topological polar surface area (TPSA) is 89.9 Å². The van der Waals surface area contributed by atoms with Gasteiger partial charge in [0.25, 0.3) is 0 Å². The molecule has 0 spiro atoms. The van der Waals surface area contributed by atoms with Crippen molar-refractivity contribution in [2.24, 2.45) is 17.8 Å². The molecule has 20 heavy (non-hydrogen) atoms. The van der Waals surface area contributed by atoms with Gasteiger partial charge in [0.15, 0.2) is 0 Å². The summed E-state index contributed by atoms with van der Waals surface area (Å²) in [4.78, 5) is 25.1. The molecule has 0 aromatic carbocycles.